The Hall–Kier alpha value is -2.44. The zero-order valence-corrected chi connectivity index (χ0v) is 15.0. The molecule has 3 aromatic heterocycles. The zero-order valence-electron chi connectivity index (χ0n) is 13.4. The summed E-state index contributed by atoms with van der Waals surface area (Å²) in [4.78, 5) is 22.6. The number of hydrogen-bond donors (Lipinski definition) is 0. The van der Waals surface area contributed by atoms with Gasteiger partial charge in [0.2, 0.25) is 0 Å². The molecule has 0 saturated carbocycles. The highest BCUT2D eigenvalue weighted by molar-refractivity contribution is 7.98. The number of thioether (sulfide) groups is 1. The second-order valence-electron chi connectivity index (χ2n) is 5.52. The molecule has 0 bridgehead atoms. The molecule has 4 nitrogen and oxygen atoms in total. The van der Waals surface area contributed by atoms with Gasteiger partial charge in [0, 0.05) is 23.9 Å². The Balaban J connectivity index is 1.74. The lowest BCUT2D eigenvalue weighted by Crippen LogP contribution is -2.22. The van der Waals surface area contributed by atoms with Gasteiger partial charge in [-0.1, -0.05) is 42.1 Å². The van der Waals surface area contributed by atoms with E-state index < -0.39 is 0 Å². The van der Waals surface area contributed by atoms with Gasteiger partial charge in [0.05, 0.1) is 10.9 Å². The highest BCUT2D eigenvalue weighted by Crippen LogP contribution is 2.26. The Kier molecular flexibility index (Phi) is 4.38. The standard InChI is InChI=1S/C19H15N3OS2/c1-2-10-22-18(23)15-8-11-24-17(15)21-19(22)25-12-14-6-3-5-13-7-4-9-20-16(13)14/h2-9,11H,1,10,12H2. The van der Waals surface area contributed by atoms with Crippen LogP contribution in [0.1, 0.15) is 5.56 Å². The van der Waals surface area contributed by atoms with Gasteiger partial charge in [-0.3, -0.25) is 14.3 Å². The predicted octanol–water partition coefficient (Wildman–Crippen LogP) is 4.48. The van der Waals surface area contributed by atoms with Crippen molar-refractivity contribution in [3.05, 3.63) is 76.5 Å². The van der Waals surface area contributed by atoms with Gasteiger partial charge in [0.1, 0.15) is 4.83 Å². The van der Waals surface area contributed by atoms with Crippen molar-refractivity contribution in [3.63, 3.8) is 0 Å². The lowest BCUT2D eigenvalue weighted by molar-refractivity contribution is 0.673. The first-order chi connectivity index (χ1) is 12.3. The minimum absolute atomic E-state index is 0.00954. The molecule has 1 aromatic carbocycles. The summed E-state index contributed by atoms with van der Waals surface area (Å²) in [6.07, 6.45) is 3.53. The molecule has 25 heavy (non-hydrogen) atoms. The van der Waals surface area contributed by atoms with Crippen molar-refractivity contribution in [3.8, 4) is 0 Å². The topological polar surface area (TPSA) is 47.8 Å². The highest BCUT2D eigenvalue weighted by Gasteiger charge is 2.12. The van der Waals surface area contributed by atoms with Crippen LogP contribution in [0.5, 0.6) is 0 Å². The maximum Gasteiger partial charge on any atom is 0.263 e. The Morgan fingerprint density at radius 3 is 3.00 bits per heavy atom. The molecule has 0 atom stereocenters. The van der Waals surface area contributed by atoms with Crippen molar-refractivity contribution in [1.82, 2.24) is 14.5 Å². The van der Waals surface area contributed by atoms with E-state index >= 15 is 0 Å². The molecule has 0 aliphatic carbocycles. The van der Waals surface area contributed by atoms with E-state index in [2.05, 4.69) is 34.7 Å². The van der Waals surface area contributed by atoms with Crippen LogP contribution in [0.4, 0.5) is 0 Å². The number of allylic oxidation sites excluding steroid dienone is 1. The van der Waals surface area contributed by atoms with Gasteiger partial charge in [-0.15, -0.1) is 17.9 Å². The molecule has 0 N–H and O–H groups in total. The summed E-state index contributed by atoms with van der Waals surface area (Å²) in [5.41, 5.74) is 2.12. The van der Waals surface area contributed by atoms with Crippen LogP contribution in [-0.2, 0) is 12.3 Å². The van der Waals surface area contributed by atoms with Crippen molar-refractivity contribution < 1.29 is 0 Å². The van der Waals surface area contributed by atoms with Crippen molar-refractivity contribution in [2.45, 2.75) is 17.5 Å². The SMILES string of the molecule is C=CCn1c(SCc2cccc3cccnc23)nc2sccc2c1=O. The van der Waals surface area contributed by atoms with E-state index in [4.69, 9.17) is 0 Å². The van der Waals surface area contributed by atoms with Gasteiger partial charge in [-0.2, -0.15) is 0 Å². The summed E-state index contributed by atoms with van der Waals surface area (Å²) in [5, 5.41) is 4.40. The van der Waals surface area contributed by atoms with Crippen LogP contribution in [-0.4, -0.2) is 14.5 Å². The number of rotatable bonds is 5. The molecular weight excluding hydrogens is 350 g/mol. The third-order valence-corrected chi connectivity index (χ3v) is 5.77. The fraction of sp³-hybridized carbons (Fsp3) is 0.105. The number of hydrogen-bond acceptors (Lipinski definition) is 5. The van der Waals surface area contributed by atoms with E-state index in [0.29, 0.717) is 22.8 Å². The first-order valence-corrected chi connectivity index (χ1v) is 9.69. The quantitative estimate of drug-likeness (QED) is 0.297. The van der Waals surface area contributed by atoms with Gasteiger partial charge in [0.15, 0.2) is 5.16 Å². The van der Waals surface area contributed by atoms with Crippen LogP contribution in [0, 0.1) is 0 Å². The Bertz CT molecular complexity index is 1130. The molecule has 124 valence electrons. The van der Waals surface area contributed by atoms with E-state index in [-0.39, 0.29) is 5.56 Å². The van der Waals surface area contributed by atoms with E-state index in [1.165, 1.54) is 11.3 Å². The maximum atomic E-state index is 12.7. The molecule has 0 fully saturated rings. The average Bonchev–Trinajstić information content (AvgIpc) is 3.11. The van der Waals surface area contributed by atoms with Crippen LogP contribution in [0.15, 0.2) is 70.6 Å². The molecule has 4 aromatic rings. The van der Waals surface area contributed by atoms with E-state index in [1.807, 2.05) is 23.6 Å². The second kappa shape index (κ2) is 6.82. The summed E-state index contributed by atoms with van der Waals surface area (Å²) in [7, 11) is 0. The Morgan fingerprint density at radius 2 is 2.12 bits per heavy atom. The Labute approximate surface area is 152 Å². The molecule has 0 saturated heterocycles. The second-order valence-corrected chi connectivity index (χ2v) is 7.36. The number of benzene rings is 1. The molecule has 0 radical (unpaired) electrons. The van der Waals surface area contributed by atoms with Crippen LogP contribution in [0.25, 0.3) is 21.1 Å². The van der Waals surface area contributed by atoms with Crippen molar-refractivity contribution in [2.24, 2.45) is 0 Å². The van der Waals surface area contributed by atoms with Crippen LogP contribution < -0.4 is 5.56 Å². The molecule has 0 spiro atoms. The number of pyridine rings is 1. The first kappa shape index (κ1) is 16.1. The van der Waals surface area contributed by atoms with Crippen molar-refractivity contribution >= 4 is 44.2 Å². The number of fused-ring (bicyclic) bond motifs is 2. The number of para-hydroxylation sites is 1. The molecule has 0 amide bonds. The third-order valence-electron chi connectivity index (χ3n) is 3.93. The molecule has 0 aliphatic rings. The minimum atomic E-state index is -0.00954. The summed E-state index contributed by atoms with van der Waals surface area (Å²) < 4.78 is 1.69. The lowest BCUT2D eigenvalue weighted by atomic mass is 10.1. The first-order valence-electron chi connectivity index (χ1n) is 7.82. The summed E-state index contributed by atoms with van der Waals surface area (Å²) in [6.45, 7) is 4.21. The van der Waals surface area contributed by atoms with Crippen LogP contribution in [0.2, 0.25) is 0 Å². The summed E-state index contributed by atoms with van der Waals surface area (Å²) in [5.74, 6) is 0.703. The van der Waals surface area contributed by atoms with E-state index in [1.54, 1.807) is 28.6 Å². The Morgan fingerprint density at radius 1 is 1.24 bits per heavy atom. The summed E-state index contributed by atoms with van der Waals surface area (Å²) >= 11 is 3.05. The van der Waals surface area contributed by atoms with Crippen LogP contribution in [0.3, 0.4) is 0 Å². The van der Waals surface area contributed by atoms with Gasteiger partial charge in [-0.05, 0) is 23.1 Å². The molecule has 6 heteroatoms. The number of thiophene rings is 1. The van der Waals surface area contributed by atoms with Gasteiger partial charge < -0.3 is 0 Å². The van der Waals surface area contributed by atoms with Gasteiger partial charge >= 0.3 is 0 Å². The van der Waals surface area contributed by atoms with E-state index in [9.17, 15) is 4.79 Å². The molecule has 3 heterocycles. The van der Waals surface area contributed by atoms with Gasteiger partial charge in [0.25, 0.3) is 5.56 Å². The largest absolute Gasteiger partial charge is 0.283 e. The minimum Gasteiger partial charge on any atom is -0.283 e. The third kappa shape index (κ3) is 2.99. The highest BCUT2D eigenvalue weighted by atomic mass is 32.2. The maximum absolute atomic E-state index is 12.7. The smallest absolute Gasteiger partial charge is 0.263 e. The van der Waals surface area contributed by atoms with Crippen LogP contribution >= 0.6 is 23.1 Å². The van der Waals surface area contributed by atoms with Crippen molar-refractivity contribution in [2.75, 3.05) is 0 Å². The fourth-order valence-corrected chi connectivity index (χ4v) is 4.56. The van der Waals surface area contributed by atoms with Crippen molar-refractivity contribution in [1.29, 1.82) is 0 Å². The fourth-order valence-electron chi connectivity index (χ4n) is 2.76. The molecule has 0 aliphatic heterocycles. The monoisotopic (exact) mass is 365 g/mol. The van der Waals surface area contributed by atoms with E-state index in [0.717, 1.165) is 21.3 Å². The predicted molar refractivity (Wildman–Crippen MR) is 105 cm³/mol. The van der Waals surface area contributed by atoms with Gasteiger partial charge in [-0.25, -0.2) is 4.98 Å². The number of nitrogens with zero attached hydrogens (tertiary/aromatic N) is 3. The number of aromatic nitrogens is 3. The molecule has 4 rings (SSSR count). The lowest BCUT2D eigenvalue weighted by Gasteiger charge is -2.10. The normalized spacial score (nSPS) is 11.2. The zero-order chi connectivity index (χ0) is 17.2. The molecular formula is C19H15N3OS2. The molecule has 0 unspecified atom stereocenters. The average molecular weight is 365 g/mol. The summed E-state index contributed by atoms with van der Waals surface area (Å²) in [6, 6.07) is 12.0.